The Morgan fingerprint density at radius 2 is 2.40 bits per heavy atom. The molecule has 1 unspecified atom stereocenters. The highest BCUT2D eigenvalue weighted by Crippen LogP contribution is 2.31. The number of terminal acetylenes is 1. The van der Waals surface area contributed by atoms with Crippen molar-refractivity contribution >= 4 is 15.9 Å². The molecule has 0 amide bonds. The topological polar surface area (TPSA) is 12.0 Å². The van der Waals surface area contributed by atoms with Crippen molar-refractivity contribution in [2.75, 3.05) is 6.54 Å². The maximum atomic E-state index is 5.27. The van der Waals surface area contributed by atoms with E-state index in [0.29, 0.717) is 12.6 Å². The fourth-order valence-electron chi connectivity index (χ4n) is 2.16. The number of aryl methyl sites for hydroxylation is 1. The van der Waals surface area contributed by atoms with E-state index in [9.17, 15) is 0 Å². The number of halogens is 1. The first-order chi connectivity index (χ1) is 7.31. The second-order valence-electron chi connectivity index (χ2n) is 3.87. The van der Waals surface area contributed by atoms with E-state index in [1.807, 2.05) is 0 Å². The van der Waals surface area contributed by atoms with Gasteiger partial charge in [0.2, 0.25) is 0 Å². The van der Waals surface area contributed by atoms with Crippen LogP contribution < -0.4 is 5.32 Å². The van der Waals surface area contributed by atoms with Crippen LogP contribution in [0.15, 0.2) is 22.7 Å². The summed E-state index contributed by atoms with van der Waals surface area (Å²) in [6.45, 7) is 0.649. The van der Waals surface area contributed by atoms with Crippen LogP contribution in [-0.2, 0) is 6.42 Å². The van der Waals surface area contributed by atoms with E-state index in [4.69, 9.17) is 6.42 Å². The molecule has 78 valence electrons. The van der Waals surface area contributed by atoms with Crippen molar-refractivity contribution in [1.29, 1.82) is 0 Å². The summed E-state index contributed by atoms with van der Waals surface area (Å²) >= 11 is 3.52. The van der Waals surface area contributed by atoms with Gasteiger partial charge < -0.3 is 0 Å². The number of hydrogen-bond acceptors (Lipinski definition) is 1. The lowest BCUT2D eigenvalue weighted by molar-refractivity contribution is 0.483. The smallest absolute Gasteiger partial charge is 0.0578 e. The van der Waals surface area contributed by atoms with Gasteiger partial charge in [0, 0.05) is 10.5 Å². The molecule has 1 aliphatic rings. The molecular formula is C13H14BrN. The summed E-state index contributed by atoms with van der Waals surface area (Å²) in [6.07, 6.45) is 8.90. The van der Waals surface area contributed by atoms with E-state index >= 15 is 0 Å². The summed E-state index contributed by atoms with van der Waals surface area (Å²) in [7, 11) is 0. The fourth-order valence-corrected chi connectivity index (χ4v) is 2.54. The van der Waals surface area contributed by atoms with Crippen molar-refractivity contribution in [3.05, 3.63) is 33.8 Å². The Morgan fingerprint density at radius 1 is 1.53 bits per heavy atom. The van der Waals surface area contributed by atoms with Crippen LogP contribution in [0.25, 0.3) is 0 Å². The molecule has 0 saturated carbocycles. The summed E-state index contributed by atoms with van der Waals surface area (Å²) in [5.41, 5.74) is 2.87. The Labute approximate surface area is 99.4 Å². The average molecular weight is 264 g/mol. The Kier molecular flexibility index (Phi) is 3.45. The van der Waals surface area contributed by atoms with E-state index in [0.717, 1.165) is 4.47 Å². The number of nitrogens with one attached hydrogen (secondary N) is 1. The molecule has 0 aliphatic heterocycles. The van der Waals surface area contributed by atoms with Gasteiger partial charge in [-0.05, 0) is 42.5 Å². The zero-order chi connectivity index (χ0) is 10.7. The van der Waals surface area contributed by atoms with Crippen LogP contribution in [0, 0.1) is 12.3 Å². The molecular weight excluding hydrogens is 250 g/mol. The lowest BCUT2D eigenvalue weighted by Crippen LogP contribution is -2.25. The average Bonchev–Trinajstić information content (AvgIpc) is 2.26. The van der Waals surface area contributed by atoms with Crippen LogP contribution >= 0.6 is 15.9 Å². The maximum Gasteiger partial charge on any atom is 0.0578 e. The number of benzene rings is 1. The number of rotatable bonds is 2. The predicted molar refractivity (Wildman–Crippen MR) is 66.7 cm³/mol. The molecule has 1 atom stereocenters. The largest absolute Gasteiger partial charge is 0.299 e. The van der Waals surface area contributed by atoms with Crippen molar-refractivity contribution in [2.24, 2.45) is 0 Å². The summed E-state index contributed by atoms with van der Waals surface area (Å²) < 4.78 is 1.15. The molecule has 1 nitrogen and oxygen atoms in total. The third-order valence-electron chi connectivity index (χ3n) is 2.87. The molecule has 0 bridgehead atoms. The van der Waals surface area contributed by atoms with Gasteiger partial charge in [-0.2, -0.15) is 0 Å². The molecule has 0 spiro atoms. The van der Waals surface area contributed by atoms with Crippen LogP contribution in [0.3, 0.4) is 0 Å². The standard InChI is InChI=1S/C13H14BrN/c1-2-8-15-13-5-3-4-10-6-7-11(14)9-12(10)13/h1,6-7,9,13,15H,3-5,8H2. The molecule has 2 heteroatoms. The highest BCUT2D eigenvalue weighted by atomic mass is 79.9. The van der Waals surface area contributed by atoms with E-state index < -0.39 is 0 Å². The van der Waals surface area contributed by atoms with Crippen molar-refractivity contribution in [3.63, 3.8) is 0 Å². The molecule has 0 saturated heterocycles. The highest BCUT2D eigenvalue weighted by molar-refractivity contribution is 9.10. The number of hydrogen-bond donors (Lipinski definition) is 1. The molecule has 1 N–H and O–H groups in total. The van der Waals surface area contributed by atoms with Gasteiger partial charge >= 0.3 is 0 Å². The summed E-state index contributed by atoms with van der Waals surface area (Å²) in [4.78, 5) is 0. The minimum absolute atomic E-state index is 0.433. The van der Waals surface area contributed by atoms with Gasteiger partial charge in [-0.1, -0.05) is 27.9 Å². The van der Waals surface area contributed by atoms with Gasteiger partial charge in [-0.3, -0.25) is 5.32 Å². The lowest BCUT2D eigenvalue weighted by atomic mass is 9.88. The Morgan fingerprint density at radius 3 is 3.20 bits per heavy atom. The monoisotopic (exact) mass is 263 g/mol. The van der Waals surface area contributed by atoms with Gasteiger partial charge in [-0.25, -0.2) is 0 Å². The summed E-state index contributed by atoms with van der Waals surface area (Å²) in [6, 6.07) is 6.97. The molecule has 15 heavy (non-hydrogen) atoms. The fraction of sp³-hybridized carbons (Fsp3) is 0.385. The van der Waals surface area contributed by atoms with Gasteiger partial charge in [0.25, 0.3) is 0 Å². The van der Waals surface area contributed by atoms with E-state index in [2.05, 4.69) is 45.4 Å². The Hall–Kier alpha value is -0.780. The van der Waals surface area contributed by atoms with Crippen LogP contribution in [0.5, 0.6) is 0 Å². The van der Waals surface area contributed by atoms with Crippen molar-refractivity contribution in [3.8, 4) is 12.3 Å². The highest BCUT2D eigenvalue weighted by Gasteiger charge is 2.19. The minimum atomic E-state index is 0.433. The molecule has 0 radical (unpaired) electrons. The van der Waals surface area contributed by atoms with Crippen LogP contribution in [0.4, 0.5) is 0 Å². The van der Waals surface area contributed by atoms with Gasteiger partial charge in [0.1, 0.15) is 0 Å². The first-order valence-electron chi connectivity index (χ1n) is 5.26. The number of fused-ring (bicyclic) bond motifs is 1. The Balaban J connectivity index is 2.25. The zero-order valence-corrected chi connectivity index (χ0v) is 10.2. The summed E-state index contributed by atoms with van der Waals surface area (Å²) in [5.74, 6) is 2.64. The normalized spacial score (nSPS) is 19.3. The first-order valence-corrected chi connectivity index (χ1v) is 6.05. The van der Waals surface area contributed by atoms with Crippen molar-refractivity contribution in [2.45, 2.75) is 25.3 Å². The quantitative estimate of drug-likeness (QED) is 0.809. The van der Waals surface area contributed by atoms with E-state index in [1.165, 1.54) is 30.4 Å². The molecule has 1 aliphatic carbocycles. The second-order valence-corrected chi connectivity index (χ2v) is 4.79. The van der Waals surface area contributed by atoms with E-state index in [-0.39, 0.29) is 0 Å². The molecule has 2 rings (SSSR count). The first kappa shape index (κ1) is 10.7. The van der Waals surface area contributed by atoms with Crippen LogP contribution in [-0.4, -0.2) is 6.54 Å². The molecule has 1 aromatic rings. The van der Waals surface area contributed by atoms with Crippen LogP contribution in [0.1, 0.15) is 30.0 Å². The van der Waals surface area contributed by atoms with Crippen molar-refractivity contribution in [1.82, 2.24) is 5.32 Å². The Bertz CT molecular complexity index is 392. The third kappa shape index (κ3) is 2.42. The molecule has 1 aromatic carbocycles. The summed E-state index contributed by atoms with van der Waals surface area (Å²) in [5, 5.41) is 3.40. The third-order valence-corrected chi connectivity index (χ3v) is 3.37. The zero-order valence-electron chi connectivity index (χ0n) is 8.59. The van der Waals surface area contributed by atoms with Crippen molar-refractivity contribution < 1.29 is 0 Å². The second kappa shape index (κ2) is 4.83. The van der Waals surface area contributed by atoms with Gasteiger partial charge in [0.05, 0.1) is 6.54 Å². The maximum absolute atomic E-state index is 5.27. The predicted octanol–water partition coefficient (Wildman–Crippen LogP) is 3.05. The SMILES string of the molecule is C#CCNC1CCCc2ccc(Br)cc21. The molecule has 0 aromatic heterocycles. The van der Waals surface area contributed by atoms with Gasteiger partial charge in [0.15, 0.2) is 0 Å². The van der Waals surface area contributed by atoms with E-state index in [1.54, 1.807) is 0 Å². The van der Waals surface area contributed by atoms with Gasteiger partial charge in [-0.15, -0.1) is 6.42 Å². The molecule has 0 fully saturated rings. The van der Waals surface area contributed by atoms with Crippen LogP contribution in [0.2, 0.25) is 0 Å². The lowest BCUT2D eigenvalue weighted by Gasteiger charge is -2.26. The molecule has 0 heterocycles. The minimum Gasteiger partial charge on any atom is -0.299 e.